The van der Waals surface area contributed by atoms with Crippen LogP contribution in [0.2, 0.25) is 5.02 Å². The van der Waals surface area contributed by atoms with Crippen molar-refractivity contribution in [2.24, 2.45) is 13.0 Å². The molecular formula is C17H19ClN4O2. The summed E-state index contributed by atoms with van der Waals surface area (Å²) in [6.45, 7) is 0.854. The Morgan fingerprint density at radius 2 is 2.21 bits per heavy atom. The highest BCUT2D eigenvalue weighted by Gasteiger charge is 2.41. The molecule has 4 rings (SSSR count). The molecule has 1 aromatic carbocycles. The highest BCUT2D eigenvalue weighted by atomic mass is 35.5. The smallest absolute Gasteiger partial charge is 0.225 e. The minimum atomic E-state index is -0.261. The van der Waals surface area contributed by atoms with Crippen molar-refractivity contribution < 1.29 is 9.59 Å². The number of nitrogens with one attached hydrogen (secondary N) is 1. The summed E-state index contributed by atoms with van der Waals surface area (Å²) in [5.41, 5.74) is 1.68. The minimum absolute atomic E-state index is 0.0858. The number of amides is 2. The van der Waals surface area contributed by atoms with Crippen molar-refractivity contribution in [3.63, 3.8) is 0 Å². The normalized spacial score (nSPS) is 20.8. The number of halogens is 1. The molecule has 2 aliphatic rings. The average Bonchev–Trinajstić information content (AvgIpc) is 3.25. The quantitative estimate of drug-likeness (QED) is 0.918. The molecule has 7 heteroatoms. The fraction of sp³-hybridized carbons (Fsp3) is 0.471. The van der Waals surface area contributed by atoms with Gasteiger partial charge in [0.05, 0.1) is 28.7 Å². The molecule has 1 aromatic heterocycles. The lowest BCUT2D eigenvalue weighted by Crippen LogP contribution is -2.33. The highest BCUT2D eigenvalue weighted by molar-refractivity contribution is 6.35. The third-order valence-electron chi connectivity index (χ3n) is 4.85. The number of rotatable bonds is 4. The van der Waals surface area contributed by atoms with Crippen molar-refractivity contribution in [3.8, 4) is 0 Å². The molecular weight excluding hydrogens is 328 g/mol. The molecule has 2 aromatic rings. The van der Waals surface area contributed by atoms with E-state index in [0.717, 1.165) is 29.4 Å². The van der Waals surface area contributed by atoms with E-state index in [2.05, 4.69) is 10.4 Å². The van der Waals surface area contributed by atoms with Gasteiger partial charge in [-0.15, -0.1) is 0 Å². The summed E-state index contributed by atoms with van der Waals surface area (Å²) in [4.78, 5) is 26.3. The number of fused-ring (bicyclic) bond motifs is 1. The van der Waals surface area contributed by atoms with Crippen LogP contribution in [0.15, 0.2) is 18.2 Å². The van der Waals surface area contributed by atoms with Gasteiger partial charge in [0.25, 0.3) is 0 Å². The predicted octanol–water partition coefficient (Wildman–Crippen LogP) is 1.85. The summed E-state index contributed by atoms with van der Waals surface area (Å²) in [5, 5.41) is 8.87. The Balaban J connectivity index is 1.45. The molecule has 0 radical (unpaired) electrons. The zero-order chi connectivity index (χ0) is 16.8. The standard InChI is InChI=1S/C17H19ClN4O2/c1-21-14-4-2-3-12(18)16(14)13(20-21)8-19-17(24)10-7-15(23)22(9-10)11-5-6-11/h2-4,10-11H,5-9H2,1H3,(H,19,24)/t10-/m1/s1. The van der Waals surface area contributed by atoms with E-state index in [4.69, 9.17) is 11.6 Å². The molecule has 1 aliphatic heterocycles. The molecule has 1 aliphatic carbocycles. The summed E-state index contributed by atoms with van der Waals surface area (Å²) in [7, 11) is 1.85. The van der Waals surface area contributed by atoms with Crippen LogP contribution in [-0.2, 0) is 23.2 Å². The van der Waals surface area contributed by atoms with E-state index >= 15 is 0 Å². The van der Waals surface area contributed by atoms with Crippen LogP contribution in [0.4, 0.5) is 0 Å². The molecule has 1 saturated heterocycles. The van der Waals surface area contributed by atoms with Crippen molar-refractivity contribution in [1.82, 2.24) is 20.0 Å². The molecule has 1 atom stereocenters. The average molecular weight is 347 g/mol. The molecule has 0 unspecified atom stereocenters. The maximum atomic E-state index is 12.4. The summed E-state index contributed by atoms with van der Waals surface area (Å²) in [6.07, 6.45) is 2.45. The largest absolute Gasteiger partial charge is 0.350 e. The number of aromatic nitrogens is 2. The Hall–Kier alpha value is -2.08. The molecule has 2 heterocycles. The van der Waals surface area contributed by atoms with Gasteiger partial charge in [-0.25, -0.2) is 0 Å². The Kier molecular flexibility index (Phi) is 3.72. The fourth-order valence-corrected chi connectivity index (χ4v) is 3.72. The van der Waals surface area contributed by atoms with Crippen LogP contribution in [0.3, 0.4) is 0 Å². The number of hydrogen-bond donors (Lipinski definition) is 1. The van der Waals surface area contributed by atoms with Crippen molar-refractivity contribution in [2.45, 2.75) is 31.8 Å². The van der Waals surface area contributed by atoms with Crippen molar-refractivity contribution in [1.29, 1.82) is 0 Å². The summed E-state index contributed by atoms with van der Waals surface area (Å²) in [5.74, 6) is -0.245. The van der Waals surface area contributed by atoms with Crippen LogP contribution in [0.1, 0.15) is 25.0 Å². The van der Waals surface area contributed by atoms with Gasteiger partial charge in [-0.1, -0.05) is 17.7 Å². The first-order chi connectivity index (χ1) is 11.5. The number of likely N-dealkylation sites (tertiary alicyclic amines) is 1. The van der Waals surface area contributed by atoms with Crippen molar-refractivity contribution >= 4 is 34.3 Å². The van der Waals surface area contributed by atoms with Gasteiger partial charge in [0.2, 0.25) is 11.8 Å². The zero-order valence-electron chi connectivity index (χ0n) is 13.5. The first-order valence-electron chi connectivity index (χ1n) is 8.22. The van der Waals surface area contributed by atoms with Crippen LogP contribution in [0.25, 0.3) is 10.9 Å². The van der Waals surface area contributed by atoms with E-state index in [1.807, 2.05) is 30.1 Å². The third-order valence-corrected chi connectivity index (χ3v) is 5.16. The number of nitrogens with zero attached hydrogens (tertiary/aromatic N) is 3. The van der Waals surface area contributed by atoms with Gasteiger partial charge < -0.3 is 10.2 Å². The van der Waals surface area contributed by atoms with E-state index in [1.165, 1.54) is 0 Å². The van der Waals surface area contributed by atoms with E-state index in [-0.39, 0.29) is 17.7 Å². The van der Waals surface area contributed by atoms with Gasteiger partial charge in [-0.05, 0) is 25.0 Å². The van der Waals surface area contributed by atoms with Crippen LogP contribution in [-0.4, -0.2) is 39.1 Å². The Bertz CT molecular complexity index is 827. The first kappa shape index (κ1) is 15.4. The van der Waals surface area contributed by atoms with E-state index < -0.39 is 0 Å². The Morgan fingerprint density at radius 3 is 2.96 bits per heavy atom. The Morgan fingerprint density at radius 1 is 1.42 bits per heavy atom. The van der Waals surface area contributed by atoms with Crippen LogP contribution >= 0.6 is 11.6 Å². The number of carbonyl (C=O) groups is 2. The lowest BCUT2D eigenvalue weighted by Gasteiger charge is -2.15. The van der Waals surface area contributed by atoms with E-state index in [9.17, 15) is 9.59 Å². The van der Waals surface area contributed by atoms with Gasteiger partial charge in [0, 0.05) is 31.4 Å². The molecule has 1 N–H and O–H groups in total. The fourth-order valence-electron chi connectivity index (χ4n) is 3.44. The molecule has 0 spiro atoms. The number of hydrogen-bond acceptors (Lipinski definition) is 3. The van der Waals surface area contributed by atoms with Gasteiger partial charge in [-0.2, -0.15) is 5.10 Å². The highest BCUT2D eigenvalue weighted by Crippen LogP contribution is 2.32. The van der Waals surface area contributed by atoms with E-state index in [1.54, 1.807) is 4.68 Å². The third kappa shape index (κ3) is 2.65. The summed E-state index contributed by atoms with van der Waals surface area (Å²) in [6, 6.07) is 6.02. The zero-order valence-corrected chi connectivity index (χ0v) is 14.2. The maximum absolute atomic E-state index is 12.4. The second-order valence-electron chi connectivity index (χ2n) is 6.60. The van der Waals surface area contributed by atoms with Gasteiger partial charge in [0.1, 0.15) is 0 Å². The SMILES string of the molecule is Cn1nc(CNC(=O)[C@@H]2CC(=O)N(C3CC3)C2)c2c(Cl)cccc21. The lowest BCUT2D eigenvalue weighted by atomic mass is 10.1. The topological polar surface area (TPSA) is 67.2 Å². The lowest BCUT2D eigenvalue weighted by molar-refractivity contribution is -0.129. The summed E-state index contributed by atoms with van der Waals surface area (Å²) >= 11 is 6.28. The van der Waals surface area contributed by atoms with Gasteiger partial charge in [0.15, 0.2) is 0 Å². The van der Waals surface area contributed by atoms with Gasteiger partial charge >= 0.3 is 0 Å². The molecule has 2 amide bonds. The molecule has 2 fully saturated rings. The van der Waals surface area contributed by atoms with Crippen molar-refractivity contribution in [3.05, 3.63) is 28.9 Å². The molecule has 0 bridgehead atoms. The van der Waals surface area contributed by atoms with Crippen molar-refractivity contribution in [2.75, 3.05) is 6.54 Å². The van der Waals surface area contributed by atoms with Crippen LogP contribution in [0.5, 0.6) is 0 Å². The monoisotopic (exact) mass is 346 g/mol. The molecule has 6 nitrogen and oxygen atoms in total. The maximum Gasteiger partial charge on any atom is 0.225 e. The Labute approximate surface area is 144 Å². The molecule has 126 valence electrons. The minimum Gasteiger partial charge on any atom is -0.350 e. The number of benzene rings is 1. The molecule has 1 saturated carbocycles. The second kappa shape index (κ2) is 5.77. The second-order valence-corrected chi connectivity index (χ2v) is 7.01. The molecule has 24 heavy (non-hydrogen) atoms. The number of aryl methyl sites for hydroxylation is 1. The van der Waals surface area contributed by atoms with Crippen LogP contribution < -0.4 is 5.32 Å². The van der Waals surface area contributed by atoms with E-state index in [0.29, 0.717) is 30.6 Å². The summed E-state index contributed by atoms with van der Waals surface area (Å²) < 4.78 is 1.76. The first-order valence-corrected chi connectivity index (χ1v) is 8.59. The predicted molar refractivity (Wildman–Crippen MR) is 90.4 cm³/mol. The van der Waals surface area contributed by atoms with Crippen LogP contribution in [0, 0.1) is 5.92 Å². The number of carbonyl (C=O) groups excluding carboxylic acids is 2. The van der Waals surface area contributed by atoms with Gasteiger partial charge in [-0.3, -0.25) is 14.3 Å².